The van der Waals surface area contributed by atoms with Gasteiger partial charge in [-0.2, -0.15) is 0 Å². The summed E-state index contributed by atoms with van der Waals surface area (Å²) in [5, 5.41) is 0.867. The minimum absolute atomic E-state index is 0.272. The standard InChI is InChI=1S/C18H17N3O2/c1-10-11(5-3-7-15(10)23-2)16-12-6-4-8-21-14(12)9-13(17(16)19)18(20)22/h3-9H,19H2,1-2H3,(H2,20,22). The summed E-state index contributed by atoms with van der Waals surface area (Å²) in [6.07, 6.45) is 1.67. The first-order valence-corrected chi connectivity index (χ1v) is 7.15. The SMILES string of the molecule is COc1cccc(-c2c(N)c(C(N)=O)cc3ncccc23)c1C. The Bertz CT molecular complexity index is 920. The van der Waals surface area contributed by atoms with Crippen molar-refractivity contribution in [3.05, 3.63) is 53.7 Å². The van der Waals surface area contributed by atoms with E-state index in [0.717, 1.165) is 27.8 Å². The van der Waals surface area contributed by atoms with E-state index in [-0.39, 0.29) is 5.56 Å². The van der Waals surface area contributed by atoms with E-state index in [2.05, 4.69) is 4.98 Å². The van der Waals surface area contributed by atoms with Gasteiger partial charge in [-0.3, -0.25) is 9.78 Å². The zero-order valence-corrected chi connectivity index (χ0v) is 13.0. The molecule has 23 heavy (non-hydrogen) atoms. The lowest BCUT2D eigenvalue weighted by Gasteiger charge is -2.16. The van der Waals surface area contributed by atoms with Crippen molar-refractivity contribution in [3.63, 3.8) is 0 Å². The molecule has 0 bridgehead atoms. The highest BCUT2D eigenvalue weighted by Gasteiger charge is 2.18. The lowest BCUT2D eigenvalue weighted by atomic mass is 9.92. The molecule has 5 heteroatoms. The molecule has 0 spiro atoms. The Morgan fingerprint density at radius 2 is 2.00 bits per heavy atom. The largest absolute Gasteiger partial charge is 0.496 e. The van der Waals surface area contributed by atoms with Crippen LogP contribution in [0.25, 0.3) is 22.0 Å². The van der Waals surface area contributed by atoms with E-state index >= 15 is 0 Å². The Balaban J connectivity index is 2.45. The predicted octanol–water partition coefficient (Wildman–Crippen LogP) is 2.90. The van der Waals surface area contributed by atoms with Crippen molar-refractivity contribution < 1.29 is 9.53 Å². The molecule has 2 aromatic carbocycles. The highest BCUT2D eigenvalue weighted by Crippen LogP contribution is 2.39. The van der Waals surface area contributed by atoms with Crippen molar-refractivity contribution in [2.75, 3.05) is 12.8 Å². The lowest BCUT2D eigenvalue weighted by Crippen LogP contribution is -2.14. The third-order valence-electron chi connectivity index (χ3n) is 3.99. The van der Waals surface area contributed by atoms with E-state index in [9.17, 15) is 4.79 Å². The number of rotatable bonds is 3. The molecule has 116 valence electrons. The fourth-order valence-corrected chi connectivity index (χ4v) is 2.84. The molecule has 1 aromatic heterocycles. The summed E-state index contributed by atoms with van der Waals surface area (Å²) in [6.45, 7) is 1.95. The second kappa shape index (κ2) is 5.61. The van der Waals surface area contributed by atoms with Crippen molar-refractivity contribution in [1.29, 1.82) is 0 Å². The van der Waals surface area contributed by atoms with Crippen molar-refractivity contribution in [2.24, 2.45) is 5.73 Å². The first kappa shape index (κ1) is 14.8. The average Bonchev–Trinajstić information content (AvgIpc) is 2.55. The number of hydrogen-bond acceptors (Lipinski definition) is 4. The summed E-state index contributed by atoms with van der Waals surface area (Å²) in [5.74, 6) is 0.181. The molecule has 5 nitrogen and oxygen atoms in total. The second-order valence-corrected chi connectivity index (χ2v) is 5.28. The van der Waals surface area contributed by atoms with Crippen molar-refractivity contribution in [3.8, 4) is 16.9 Å². The van der Waals surface area contributed by atoms with Crippen LogP contribution in [0, 0.1) is 6.92 Å². The maximum atomic E-state index is 11.7. The third-order valence-corrected chi connectivity index (χ3v) is 3.99. The van der Waals surface area contributed by atoms with Gasteiger partial charge in [0, 0.05) is 17.1 Å². The van der Waals surface area contributed by atoms with Crippen LogP contribution in [0.15, 0.2) is 42.6 Å². The van der Waals surface area contributed by atoms with Gasteiger partial charge in [-0.25, -0.2) is 0 Å². The molecule has 3 rings (SSSR count). The van der Waals surface area contributed by atoms with Crippen molar-refractivity contribution in [1.82, 2.24) is 4.98 Å². The number of carbonyl (C=O) groups excluding carboxylic acids is 1. The molecule has 3 aromatic rings. The van der Waals surface area contributed by atoms with Crippen LogP contribution in [-0.2, 0) is 0 Å². The lowest BCUT2D eigenvalue weighted by molar-refractivity contribution is 0.100. The molecular formula is C18H17N3O2. The molecule has 1 amide bonds. The molecule has 1 heterocycles. The number of aromatic nitrogens is 1. The van der Waals surface area contributed by atoms with E-state index in [1.54, 1.807) is 19.4 Å². The van der Waals surface area contributed by atoms with Gasteiger partial charge >= 0.3 is 0 Å². The number of ether oxygens (including phenoxy) is 1. The summed E-state index contributed by atoms with van der Waals surface area (Å²) < 4.78 is 5.39. The van der Waals surface area contributed by atoms with Gasteiger partial charge in [0.05, 0.1) is 23.9 Å². The normalized spacial score (nSPS) is 10.7. The van der Waals surface area contributed by atoms with Gasteiger partial charge in [0.1, 0.15) is 5.75 Å². The van der Waals surface area contributed by atoms with Crippen LogP contribution in [0.1, 0.15) is 15.9 Å². The van der Waals surface area contributed by atoms with E-state index in [0.29, 0.717) is 11.2 Å². The van der Waals surface area contributed by atoms with Gasteiger partial charge in [0.25, 0.3) is 5.91 Å². The average molecular weight is 307 g/mol. The molecule has 0 atom stereocenters. The Morgan fingerprint density at radius 3 is 2.70 bits per heavy atom. The number of nitrogen functional groups attached to an aromatic ring is 1. The minimum atomic E-state index is -0.572. The van der Waals surface area contributed by atoms with Crippen molar-refractivity contribution >= 4 is 22.5 Å². The smallest absolute Gasteiger partial charge is 0.250 e. The monoisotopic (exact) mass is 307 g/mol. The molecule has 0 aliphatic heterocycles. The molecule has 4 N–H and O–H groups in total. The number of amides is 1. The van der Waals surface area contributed by atoms with Gasteiger partial charge in [0.2, 0.25) is 0 Å². The third kappa shape index (κ3) is 2.36. The van der Waals surface area contributed by atoms with E-state index in [1.807, 2.05) is 37.3 Å². The molecule has 0 unspecified atom stereocenters. The summed E-state index contributed by atoms with van der Waals surface area (Å²) in [4.78, 5) is 16.1. The number of pyridine rings is 1. The number of benzene rings is 2. The van der Waals surface area contributed by atoms with Crippen LogP contribution in [-0.4, -0.2) is 18.0 Å². The number of nitrogens with zero attached hydrogens (tertiary/aromatic N) is 1. The summed E-state index contributed by atoms with van der Waals surface area (Å²) in [5.41, 5.74) is 15.6. The number of hydrogen-bond donors (Lipinski definition) is 2. The maximum absolute atomic E-state index is 11.7. The van der Waals surface area contributed by atoms with Gasteiger partial charge in [-0.15, -0.1) is 0 Å². The number of primary amides is 1. The molecule has 0 fully saturated rings. The van der Waals surface area contributed by atoms with E-state index in [4.69, 9.17) is 16.2 Å². The Labute approximate surface area is 133 Å². The molecule has 0 radical (unpaired) electrons. The van der Waals surface area contributed by atoms with Crippen molar-refractivity contribution in [2.45, 2.75) is 6.92 Å². The highest BCUT2D eigenvalue weighted by atomic mass is 16.5. The fraction of sp³-hybridized carbons (Fsp3) is 0.111. The molecule has 0 saturated carbocycles. The quantitative estimate of drug-likeness (QED) is 0.728. The van der Waals surface area contributed by atoms with Crippen LogP contribution < -0.4 is 16.2 Å². The van der Waals surface area contributed by atoms with Gasteiger partial charge in [-0.1, -0.05) is 18.2 Å². The maximum Gasteiger partial charge on any atom is 0.250 e. The molecule has 0 aliphatic carbocycles. The van der Waals surface area contributed by atoms with E-state index < -0.39 is 5.91 Å². The number of fused-ring (bicyclic) bond motifs is 1. The zero-order chi connectivity index (χ0) is 16.6. The first-order valence-electron chi connectivity index (χ1n) is 7.15. The summed E-state index contributed by atoms with van der Waals surface area (Å²) >= 11 is 0. The Hall–Kier alpha value is -3.08. The van der Waals surface area contributed by atoms with Crippen LogP contribution in [0.4, 0.5) is 5.69 Å². The first-order chi connectivity index (χ1) is 11.0. The number of methoxy groups -OCH3 is 1. The van der Waals surface area contributed by atoms with Crippen LogP contribution in [0.2, 0.25) is 0 Å². The van der Waals surface area contributed by atoms with Crippen LogP contribution in [0.5, 0.6) is 5.75 Å². The second-order valence-electron chi connectivity index (χ2n) is 5.28. The Morgan fingerprint density at radius 1 is 1.22 bits per heavy atom. The zero-order valence-electron chi connectivity index (χ0n) is 13.0. The fourth-order valence-electron chi connectivity index (χ4n) is 2.84. The highest BCUT2D eigenvalue weighted by molar-refractivity contribution is 6.11. The molecular weight excluding hydrogens is 290 g/mol. The predicted molar refractivity (Wildman–Crippen MR) is 91.4 cm³/mol. The molecule has 0 saturated heterocycles. The summed E-state index contributed by atoms with van der Waals surface area (Å²) in [7, 11) is 1.62. The van der Waals surface area contributed by atoms with Gasteiger partial charge in [0.15, 0.2) is 0 Å². The van der Waals surface area contributed by atoms with Gasteiger partial charge in [-0.05, 0) is 36.2 Å². The minimum Gasteiger partial charge on any atom is -0.496 e. The Kier molecular flexibility index (Phi) is 3.62. The van der Waals surface area contributed by atoms with Crippen LogP contribution >= 0.6 is 0 Å². The van der Waals surface area contributed by atoms with Crippen LogP contribution in [0.3, 0.4) is 0 Å². The van der Waals surface area contributed by atoms with E-state index in [1.165, 1.54) is 0 Å². The summed E-state index contributed by atoms with van der Waals surface area (Å²) in [6, 6.07) is 11.1. The number of nitrogens with two attached hydrogens (primary N) is 2. The number of carbonyl (C=O) groups is 1. The number of anilines is 1. The topological polar surface area (TPSA) is 91.2 Å². The molecule has 0 aliphatic rings. The van der Waals surface area contributed by atoms with Gasteiger partial charge < -0.3 is 16.2 Å².